The number of aromatic nitrogens is 1. The number of nitrogens with one attached hydrogen (secondary N) is 1. The maximum Gasteiger partial charge on any atom is 0.169 e. The molecule has 0 bridgehead atoms. The third kappa shape index (κ3) is 9.37. The Hall–Kier alpha value is -6.91. The lowest BCUT2D eigenvalue weighted by Gasteiger charge is -2.24. The summed E-state index contributed by atoms with van der Waals surface area (Å²) in [4.78, 5) is 15.4. The van der Waals surface area contributed by atoms with Gasteiger partial charge in [0, 0.05) is 29.4 Å². The molecule has 286 valence electrons. The highest BCUT2D eigenvalue weighted by Crippen LogP contribution is 2.35. The van der Waals surface area contributed by atoms with Gasteiger partial charge in [0.1, 0.15) is 11.7 Å². The van der Waals surface area contributed by atoms with Crippen molar-refractivity contribution >= 4 is 17.2 Å². The average Bonchev–Trinajstić information content (AvgIpc) is 3.57. The van der Waals surface area contributed by atoms with Crippen molar-refractivity contribution in [3.8, 4) is 22.3 Å². The molecular formula is C54H50N4. The summed E-state index contributed by atoms with van der Waals surface area (Å²) in [5.41, 5.74) is 14.5. The Labute approximate surface area is 344 Å². The van der Waals surface area contributed by atoms with Crippen LogP contribution >= 0.6 is 0 Å². The first-order valence-electron chi connectivity index (χ1n) is 20.2. The molecule has 4 aromatic carbocycles. The minimum absolute atomic E-state index is 0.480. The van der Waals surface area contributed by atoms with Gasteiger partial charge in [-0.25, -0.2) is 9.98 Å². The molecule has 1 aliphatic carbocycles. The zero-order valence-electron chi connectivity index (χ0n) is 33.6. The third-order valence-electron chi connectivity index (χ3n) is 10.4. The molecule has 2 heterocycles. The summed E-state index contributed by atoms with van der Waals surface area (Å²) in [5, 5.41) is 3.71. The van der Waals surface area contributed by atoms with E-state index >= 15 is 0 Å². The van der Waals surface area contributed by atoms with Crippen LogP contribution in [0, 0.1) is 0 Å². The molecule has 0 saturated carbocycles. The number of nitrogens with zero attached hydrogens (tertiary/aromatic N) is 3. The number of amidine groups is 2. The van der Waals surface area contributed by atoms with E-state index in [0.717, 1.165) is 69.2 Å². The Balaban J connectivity index is 1.38. The van der Waals surface area contributed by atoms with Crippen molar-refractivity contribution in [1.29, 1.82) is 0 Å². The molecule has 1 unspecified atom stereocenters. The molecule has 58 heavy (non-hydrogen) atoms. The van der Waals surface area contributed by atoms with E-state index in [1.165, 1.54) is 27.8 Å². The molecule has 2 aliphatic rings. The van der Waals surface area contributed by atoms with E-state index in [-0.39, 0.29) is 0 Å². The SMILES string of the molecule is C=C/C=C(\C=C/C)C(=C/C(=C\C)C1N=C(c2cccc(-c3ccccc3)c2)NC(c2ccc(Cc3ccccn3)c(-c3ccccc3C3=CCC=CC=C3)c2)=N1)/CC. The highest BCUT2D eigenvalue weighted by Gasteiger charge is 2.23. The molecule has 0 radical (unpaired) electrons. The fraction of sp³-hybridized carbons (Fsp3) is 0.130. The summed E-state index contributed by atoms with van der Waals surface area (Å²) in [6.45, 7) is 10.3. The number of benzene rings is 4. The lowest BCUT2D eigenvalue weighted by Crippen LogP contribution is -2.38. The fourth-order valence-electron chi connectivity index (χ4n) is 7.42. The fourth-order valence-corrected chi connectivity index (χ4v) is 7.42. The zero-order valence-corrected chi connectivity index (χ0v) is 33.6. The monoisotopic (exact) mass is 754 g/mol. The molecule has 1 N–H and O–H groups in total. The van der Waals surface area contributed by atoms with E-state index in [9.17, 15) is 0 Å². The minimum Gasteiger partial charge on any atom is -0.324 e. The van der Waals surface area contributed by atoms with Crippen LogP contribution in [-0.2, 0) is 6.42 Å². The number of pyridine rings is 1. The molecule has 0 spiro atoms. The summed E-state index contributed by atoms with van der Waals surface area (Å²) in [6.07, 6.45) is 27.2. The van der Waals surface area contributed by atoms with Crippen LogP contribution in [0.2, 0.25) is 0 Å². The average molecular weight is 755 g/mol. The van der Waals surface area contributed by atoms with Gasteiger partial charge >= 0.3 is 0 Å². The van der Waals surface area contributed by atoms with Gasteiger partial charge in [-0.05, 0) is 107 Å². The molecule has 7 rings (SSSR count). The molecule has 4 nitrogen and oxygen atoms in total. The summed E-state index contributed by atoms with van der Waals surface area (Å²) in [7, 11) is 0. The second-order valence-electron chi connectivity index (χ2n) is 14.2. The van der Waals surface area contributed by atoms with E-state index in [0.29, 0.717) is 6.42 Å². The number of hydrogen-bond acceptors (Lipinski definition) is 4. The van der Waals surface area contributed by atoms with Crippen LogP contribution in [0.5, 0.6) is 0 Å². The summed E-state index contributed by atoms with van der Waals surface area (Å²) < 4.78 is 0. The van der Waals surface area contributed by atoms with Gasteiger partial charge in [-0.15, -0.1) is 0 Å². The van der Waals surface area contributed by atoms with Crippen molar-refractivity contribution < 1.29 is 0 Å². The van der Waals surface area contributed by atoms with Gasteiger partial charge < -0.3 is 5.32 Å². The van der Waals surface area contributed by atoms with Gasteiger partial charge in [0.2, 0.25) is 0 Å². The van der Waals surface area contributed by atoms with Crippen molar-refractivity contribution in [1.82, 2.24) is 10.3 Å². The minimum atomic E-state index is -0.480. The van der Waals surface area contributed by atoms with Crippen LogP contribution in [0.15, 0.2) is 222 Å². The summed E-state index contributed by atoms with van der Waals surface area (Å²) in [6, 6.07) is 40.6. The molecule has 0 amide bonds. The predicted molar refractivity (Wildman–Crippen MR) is 247 cm³/mol. The standard InChI is InChI=1S/C54H50N4/c1-5-21-41(22-6-2)39(7-3)35-40(8-4)52-56-53(46-28-20-27-44(36-46)42-23-14-11-15-24-42)58-54(57-52)47-33-32-45(37-48-29-18-19-34-55-48)51(38-47)50-31-17-16-30-49(50)43-25-12-9-10-13-26-43/h5-6,8-12,14-36,38,52H,1,7,13,37H2,2-4H3,(H,56,57,58)/b22-6-,39-35+,40-8+,41-21+. The smallest absolute Gasteiger partial charge is 0.169 e. The second-order valence-corrected chi connectivity index (χ2v) is 14.2. The molecule has 1 aromatic heterocycles. The Morgan fingerprint density at radius 2 is 1.50 bits per heavy atom. The maximum atomic E-state index is 5.40. The quantitative estimate of drug-likeness (QED) is 0.122. The molecule has 5 aromatic rings. The van der Waals surface area contributed by atoms with Crippen molar-refractivity contribution in [2.75, 3.05) is 0 Å². The van der Waals surface area contributed by atoms with Gasteiger partial charge in [-0.1, -0.05) is 171 Å². The first-order chi connectivity index (χ1) is 28.6. The number of hydrogen-bond donors (Lipinski definition) is 1. The van der Waals surface area contributed by atoms with Crippen molar-refractivity contribution in [3.05, 3.63) is 240 Å². The van der Waals surface area contributed by atoms with Gasteiger partial charge in [0.15, 0.2) is 6.17 Å². The van der Waals surface area contributed by atoms with Crippen LogP contribution in [0.4, 0.5) is 0 Å². The Morgan fingerprint density at radius 1 is 0.759 bits per heavy atom. The molecule has 0 saturated heterocycles. The summed E-state index contributed by atoms with van der Waals surface area (Å²) in [5.74, 6) is 1.54. The highest BCUT2D eigenvalue weighted by atomic mass is 15.2. The van der Waals surface area contributed by atoms with Crippen LogP contribution in [0.25, 0.3) is 27.8 Å². The van der Waals surface area contributed by atoms with E-state index in [4.69, 9.17) is 15.0 Å². The normalized spacial score (nSPS) is 16.0. The topological polar surface area (TPSA) is 49.6 Å². The Morgan fingerprint density at radius 3 is 2.24 bits per heavy atom. The number of allylic oxidation sites excluding steroid dienone is 13. The van der Waals surface area contributed by atoms with Crippen molar-refractivity contribution in [2.45, 2.75) is 46.2 Å². The Kier molecular flexibility index (Phi) is 13.1. The van der Waals surface area contributed by atoms with Crippen molar-refractivity contribution in [2.24, 2.45) is 9.98 Å². The molecule has 1 atom stereocenters. The Bertz CT molecular complexity index is 2540. The number of rotatable bonds is 13. The molecular weight excluding hydrogens is 705 g/mol. The van der Waals surface area contributed by atoms with Crippen LogP contribution in [0.3, 0.4) is 0 Å². The molecule has 1 aliphatic heterocycles. The van der Waals surface area contributed by atoms with Crippen LogP contribution in [-0.4, -0.2) is 22.8 Å². The van der Waals surface area contributed by atoms with Gasteiger partial charge in [-0.2, -0.15) is 0 Å². The maximum absolute atomic E-state index is 5.40. The number of aliphatic imine (C=N–C) groups is 2. The largest absolute Gasteiger partial charge is 0.324 e. The van der Waals surface area contributed by atoms with Gasteiger partial charge in [0.05, 0.1) is 0 Å². The highest BCUT2D eigenvalue weighted by molar-refractivity contribution is 6.16. The van der Waals surface area contributed by atoms with Crippen molar-refractivity contribution in [3.63, 3.8) is 0 Å². The second kappa shape index (κ2) is 19.3. The van der Waals surface area contributed by atoms with E-state index in [1.807, 2.05) is 31.3 Å². The molecule has 4 heteroatoms. The van der Waals surface area contributed by atoms with Gasteiger partial charge in [-0.3, -0.25) is 4.98 Å². The van der Waals surface area contributed by atoms with Crippen LogP contribution in [0.1, 0.15) is 61.6 Å². The summed E-state index contributed by atoms with van der Waals surface area (Å²) >= 11 is 0. The lowest BCUT2D eigenvalue weighted by atomic mass is 9.88. The first-order valence-corrected chi connectivity index (χ1v) is 20.2. The lowest BCUT2D eigenvalue weighted by molar-refractivity contribution is 0.810. The predicted octanol–water partition coefficient (Wildman–Crippen LogP) is 13.0. The first kappa shape index (κ1) is 39.3. The van der Waals surface area contributed by atoms with E-state index < -0.39 is 6.17 Å². The zero-order chi connectivity index (χ0) is 40.1. The van der Waals surface area contributed by atoms with E-state index in [2.05, 4.69) is 190 Å². The van der Waals surface area contributed by atoms with Crippen LogP contribution < -0.4 is 5.32 Å². The molecule has 0 fully saturated rings. The van der Waals surface area contributed by atoms with E-state index in [1.54, 1.807) is 0 Å². The third-order valence-corrected chi connectivity index (χ3v) is 10.4. The van der Waals surface area contributed by atoms with Gasteiger partial charge in [0.25, 0.3) is 0 Å².